The van der Waals surface area contributed by atoms with Crippen molar-refractivity contribution in [3.63, 3.8) is 0 Å². The predicted octanol–water partition coefficient (Wildman–Crippen LogP) is 4.25. The van der Waals surface area contributed by atoms with Crippen LogP contribution in [0.2, 0.25) is 0 Å². The van der Waals surface area contributed by atoms with Crippen LogP contribution in [0.15, 0.2) is 39.4 Å². The first-order valence-electron chi connectivity index (χ1n) is 9.24. The number of ether oxygens (including phenoxy) is 1. The number of anilines is 1. The maximum Gasteiger partial charge on any atom is 0.280 e. The van der Waals surface area contributed by atoms with Gasteiger partial charge in [-0.15, -0.1) is 0 Å². The van der Waals surface area contributed by atoms with Crippen LogP contribution in [0.4, 0.5) is 5.88 Å². The molecule has 140 valence electrons. The van der Waals surface area contributed by atoms with Gasteiger partial charge in [0.25, 0.3) is 5.91 Å². The Bertz CT molecular complexity index is 944. The molecule has 7 heteroatoms. The number of rotatable bonds is 5. The molecule has 0 radical (unpaired) electrons. The summed E-state index contributed by atoms with van der Waals surface area (Å²) in [6, 6.07) is 9.24. The van der Waals surface area contributed by atoms with Gasteiger partial charge in [0.2, 0.25) is 5.88 Å². The highest BCUT2D eigenvalue weighted by molar-refractivity contribution is 6.03. The highest BCUT2D eigenvalue weighted by Crippen LogP contribution is 2.31. The van der Waals surface area contributed by atoms with Gasteiger partial charge in [-0.2, -0.15) is 0 Å². The number of nitrogens with zero attached hydrogens (tertiary/aromatic N) is 2. The summed E-state index contributed by atoms with van der Waals surface area (Å²) in [7, 11) is 0. The second-order valence-electron chi connectivity index (χ2n) is 6.45. The third-order valence-corrected chi connectivity index (χ3v) is 4.62. The Morgan fingerprint density at radius 1 is 1.15 bits per heavy atom. The van der Waals surface area contributed by atoms with E-state index in [2.05, 4.69) is 15.6 Å². The normalized spacial score (nSPS) is 13.7. The average Bonchev–Trinajstić information content (AvgIpc) is 3.23. The van der Waals surface area contributed by atoms with Crippen LogP contribution in [-0.4, -0.2) is 22.8 Å². The number of fused-ring (bicyclic) bond motifs is 1. The molecule has 1 amide bonds. The standard InChI is InChI=1S/C20H21N3O4/c1-2-25-16-10-7-6-8-13(16)15-12-18(27-22-15)21-20(24)19-14-9-4-3-5-11-17(14)26-23-19/h6-8,10,12H,2-5,9,11H2,1H3,(H,21,24). The van der Waals surface area contributed by atoms with Crippen LogP contribution in [0, 0.1) is 0 Å². The molecule has 0 bridgehead atoms. The highest BCUT2D eigenvalue weighted by Gasteiger charge is 2.24. The van der Waals surface area contributed by atoms with E-state index < -0.39 is 0 Å². The zero-order chi connectivity index (χ0) is 18.6. The van der Waals surface area contributed by atoms with Crippen LogP contribution < -0.4 is 10.1 Å². The van der Waals surface area contributed by atoms with E-state index in [0.29, 0.717) is 23.7 Å². The number of aromatic nitrogens is 2. The molecule has 0 unspecified atom stereocenters. The molecular weight excluding hydrogens is 346 g/mol. The first kappa shape index (κ1) is 17.3. The Labute approximate surface area is 156 Å². The van der Waals surface area contributed by atoms with Gasteiger partial charge in [-0.3, -0.25) is 10.1 Å². The smallest absolute Gasteiger partial charge is 0.280 e. The number of hydrogen-bond donors (Lipinski definition) is 1. The van der Waals surface area contributed by atoms with Gasteiger partial charge < -0.3 is 13.8 Å². The molecule has 2 aromatic heterocycles. The number of aryl methyl sites for hydroxylation is 1. The van der Waals surface area contributed by atoms with Gasteiger partial charge in [0.05, 0.1) is 6.61 Å². The van der Waals surface area contributed by atoms with Crippen molar-refractivity contribution in [2.24, 2.45) is 0 Å². The molecule has 1 N–H and O–H groups in total. The Hall–Kier alpha value is -3.09. The van der Waals surface area contributed by atoms with Gasteiger partial charge in [-0.05, 0) is 38.3 Å². The summed E-state index contributed by atoms with van der Waals surface area (Å²) in [4.78, 5) is 12.6. The summed E-state index contributed by atoms with van der Waals surface area (Å²) in [5, 5.41) is 10.7. The molecule has 0 atom stereocenters. The van der Waals surface area contributed by atoms with E-state index in [4.69, 9.17) is 13.8 Å². The van der Waals surface area contributed by atoms with Gasteiger partial charge >= 0.3 is 0 Å². The van der Waals surface area contributed by atoms with Crippen molar-refractivity contribution in [3.8, 4) is 17.0 Å². The number of amides is 1. The van der Waals surface area contributed by atoms with Crippen molar-refractivity contribution in [1.29, 1.82) is 0 Å². The third kappa shape index (κ3) is 3.58. The number of para-hydroxylation sites is 1. The molecule has 0 spiro atoms. The molecule has 3 aromatic rings. The molecule has 27 heavy (non-hydrogen) atoms. The van der Waals surface area contributed by atoms with Crippen molar-refractivity contribution in [1.82, 2.24) is 10.3 Å². The highest BCUT2D eigenvalue weighted by atomic mass is 16.5. The molecule has 1 aromatic carbocycles. The first-order valence-corrected chi connectivity index (χ1v) is 9.24. The quantitative estimate of drug-likeness (QED) is 0.678. The van der Waals surface area contributed by atoms with Crippen LogP contribution in [0.3, 0.4) is 0 Å². The molecule has 0 aliphatic heterocycles. The van der Waals surface area contributed by atoms with Crippen molar-refractivity contribution >= 4 is 11.8 Å². The minimum atomic E-state index is -0.345. The molecule has 0 saturated heterocycles. The Morgan fingerprint density at radius 3 is 2.89 bits per heavy atom. The second-order valence-corrected chi connectivity index (χ2v) is 6.45. The zero-order valence-corrected chi connectivity index (χ0v) is 15.2. The third-order valence-electron chi connectivity index (χ3n) is 4.62. The number of hydrogen-bond acceptors (Lipinski definition) is 6. The summed E-state index contributed by atoms with van der Waals surface area (Å²) in [6.07, 6.45) is 4.88. The lowest BCUT2D eigenvalue weighted by Gasteiger charge is -2.06. The summed E-state index contributed by atoms with van der Waals surface area (Å²) in [5.41, 5.74) is 2.64. The van der Waals surface area contributed by atoms with Crippen LogP contribution in [0.1, 0.15) is 48.0 Å². The van der Waals surface area contributed by atoms with E-state index in [9.17, 15) is 4.79 Å². The van der Waals surface area contributed by atoms with Gasteiger partial charge in [-0.25, -0.2) is 0 Å². The lowest BCUT2D eigenvalue weighted by Crippen LogP contribution is -2.14. The van der Waals surface area contributed by atoms with Crippen molar-refractivity contribution in [2.45, 2.75) is 39.0 Å². The van der Waals surface area contributed by atoms with E-state index in [-0.39, 0.29) is 11.8 Å². The molecular formula is C20H21N3O4. The molecule has 0 saturated carbocycles. The van der Waals surface area contributed by atoms with E-state index in [1.165, 1.54) is 0 Å². The minimum absolute atomic E-state index is 0.256. The molecule has 2 heterocycles. The van der Waals surface area contributed by atoms with Crippen molar-refractivity contribution in [2.75, 3.05) is 11.9 Å². The minimum Gasteiger partial charge on any atom is -0.493 e. The maximum atomic E-state index is 12.6. The molecule has 1 aliphatic rings. The van der Waals surface area contributed by atoms with Crippen LogP contribution >= 0.6 is 0 Å². The summed E-state index contributed by atoms with van der Waals surface area (Å²) >= 11 is 0. The fourth-order valence-corrected chi connectivity index (χ4v) is 3.33. The van der Waals surface area contributed by atoms with E-state index in [1.54, 1.807) is 6.07 Å². The second kappa shape index (κ2) is 7.65. The average molecular weight is 367 g/mol. The lowest BCUT2D eigenvalue weighted by molar-refractivity contribution is 0.101. The SMILES string of the molecule is CCOc1ccccc1-c1cc(NC(=O)c2noc3c2CCCCC3)on1. The molecule has 7 nitrogen and oxygen atoms in total. The monoisotopic (exact) mass is 367 g/mol. The summed E-state index contributed by atoms with van der Waals surface area (Å²) in [6.45, 7) is 2.47. The largest absolute Gasteiger partial charge is 0.493 e. The number of benzene rings is 1. The van der Waals surface area contributed by atoms with Gasteiger partial charge in [0.15, 0.2) is 5.69 Å². The molecule has 4 rings (SSSR count). The maximum absolute atomic E-state index is 12.6. The molecule has 1 aliphatic carbocycles. The van der Waals surface area contributed by atoms with Crippen molar-refractivity contribution in [3.05, 3.63) is 47.3 Å². The van der Waals surface area contributed by atoms with Crippen LogP contribution in [0.25, 0.3) is 11.3 Å². The predicted molar refractivity (Wildman–Crippen MR) is 98.8 cm³/mol. The number of carbonyl (C=O) groups excluding carboxylic acids is 1. The topological polar surface area (TPSA) is 90.4 Å². The zero-order valence-electron chi connectivity index (χ0n) is 15.2. The van der Waals surface area contributed by atoms with E-state index in [1.807, 2.05) is 31.2 Å². The first-order chi connectivity index (χ1) is 13.3. The number of carbonyl (C=O) groups is 1. The Kier molecular flexibility index (Phi) is 4.91. The van der Waals surface area contributed by atoms with Gasteiger partial charge in [-0.1, -0.05) is 28.9 Å². The van der Waals surface area contributed by atoms with Gasteiger partial charge in [0.1, 0.15) is 17.2 Å². The fraction of sp³-hybridized carbons (Fsp3) is 0.350. The van der Waals surface area contributed by atoms with Gasteiger partial charge in [0, 0.05) is 23.6 Å². The van der Waals surface area contributed by atoms with E-state index >= 15 is 0 Å². The number of nitrogens with one attached hydrogen (secondary N) is 1. The fourth-order valence-electron chi connectivity index (χ4n) is 3.33. The van der Waals surface area contributed by atoms with Crippen LogP contribution in [-0.2, 0) is 12.8 Å². The molecule has 0 fully saturated rings. The summed E-state index contributed by atoms with van der Waals surface area (Å²) in [5.74, 6) is 1.45. The Balaban J connectivity index is 1.53. The Morgan fingerprint density at radius 2 is 2.00 bits per heavy atom. The summed E-state index contributed by atoms with van der Waals surface area (Å²) < 4.78 is 16.3. The van der Waals surface area contributed by atoms with Crippen LogP contribution in [0.5, 0.6) is 5.75 Å². The lowest BCUT2D eigenvalue weighted by atomic mass is 10.1. The van der Waals surface area contributed by atoms with Crippen molar-refractivity contribution < 1.29 is 18.6 Å². The van der Waals surface area contributed by atoms with E-state index in [0.717, 1.165) is 49.0 Å².